The third-order valence-corrected chi connectivity index (χ3v) is 4.15. The Morgan fingerprint density at radius 3 is 2.85 bits per heavy atom. The fourth-order valence-corrected chi connectivity index (χ4v) is 2.92. The quantitative estimate of drug-likeness (QED) is 0.778. The zero-order chi connectivity index (χ0) is 13.7. The van der Waals surface area contributed by atoms with Crippen LogP contribution in [0.15, 0.2) is 41.1 Å². The Kier molecular flexibility index (Phi) is 2.57. The summed E-state index contributed by atoms with van der Waals surface area (Å²) in [6, 6.07) is 8.71. The van der Waals surface area contributed by atoms with Crippen LogP contribution in [0, 0.1) is 0 Å². The van der Waals surface area contributed by atoms with E-state index in [1.165, 1.54) is 18.4 Å². The molecule has 0 spiro atoms. The average Bonchev–Trinajstić information content (AvgIpc) is 3.20. The number of aromatic nitrogens is 3. The third kappa shape index (κ3) is 1.81. The normalized spacial score (nSPS) is 14.8. The van der Waals surface area contributed by atoms with Gasteiger partial charge in [0, 0.05) is 22.3 Å². The molecule has 4 rings (SSSR count). The predicted molar refractivity (Wildman–Crippen MR) is 83.3 cm³/mol. The molecule has 1 aliphatic carbocycles. The van der Waals surface area contributed by atoms with Crippen molar-refractivity contribution in [2.24, 2.45) is 0 Å². The minimum atomic E-state index is 0.545. The summed E-state index contributed by atoms with van der Waals surface area (Å²) in [4.78, 5) is 8.85. The lowest BCUT2D eigenvalue weighted by Crippen LogP contribution is -2.00. The van der Waals surface area contributed by atoms with Crippen molar-refractivity contribution < 1.29 is 0 Å². The molecule has 0 bridgehead atoms. The van der Waals surface area contributed by atoms with E-state index in [1.807, 2.05) is 6.07 Å². The molecule has 0 amide bonds. The van der Waals surface area contributed by atoms with Gasteiger partial charge >= 0.3 is 0 Å². The van der Waals surface area contributed by atoms with Gasteiger partial charge in [-0.25, -0.2) is 4.98 Å². The lowest BCUT2D eigenvalue weighted by Gasteiger charge is -2.09. The van der Waals surface area contributed by atoms with Crippen molar-refractivity contribution >= 4 is 32.7 Å². The van der Waals surface area contributed by atoms with Crippen LogP contribution in [0.1, 0.15) is 18.9 Å². The standard InChI is InChI=1S/C15H13BrN4/c16-9-1-4-14-13(7-9)19-15(20(14)10-2-3-10)11-5-6-18-8-12(11)17/h1,4-8,10H,2-3,17H2. The first-order valence-corrected chi connectivity index (χ1v) is 7.40. The van der Waals surface area contributed by atoms with Crippen molar-refractivity contribution in [2.45, 2.75) is 18.9 Å². The summed E-state index contributed by atoms with van der Waals surface area (Å²) in [5, 5.41) is 0. The molecule has 3 aromatic rings. The van der Waals surface area contributed by atoms with Gasteiger partial charge in [0.05, 0.1) is 22.9 Å². The van der Waals surface area contributed by atoms with E-state index in [9.17, 15) is 0 Å². The molecule has 0 saturated heterocycles. The topological polar surface area (TPSA) is 56.7 Å². The molecule has 1 saturated carbocycles. The van der Waals surface area contributed by atoms with Crippen LogP contribution >= 0.6 is 15.9 Å². The van der Waals surface area contributed by atoms with Gasteiger partial charge in [-0.3, -0.25) is 4.98 Å². The van der Waals surface area contributed by atoms with Crippen LogP contribution in [-0.2, 0) is 0 Å². The number of hydrogen-bond acceptors (Lipinski definition) is 3. The molecule has 0 atom stereocenters. The van der Waals surface area contributed by atoms with Gasteiger partial charge < -0.3 is 10.3 Å². The minimum absolute atomic E-state index is 0.545. The van der Waals surface area contributed by atoms with Crippen LogP contribution in [0.4, 0.5) is 5.69 Å². The molecule has 5 heteroatoms. The monoisotopic (exact) mass is 328 g/mol. The number of nitrogens with two attached hydrogens (primary N) is 1. The second-order valence-electron chi connectivity index (χ2n) is 5.13. The molecule has 100 valence electrons. The molecule has 0 aliphatic heterocycles. The highest BCUT2D eigenvalue weighted by Crippen LogP contribution is 2.42. The van der Waals surface area contributed by atoms with E-state index in [0.717, 1.165) is 21.4 Å². The Bertz CT molecular complexity index is 805. The Morgan fingerprint density at radius 1 is 1.25 bits per heavy atom. The van der Waals surface area contributed by atoms with Crippen molar-refractivity contribution in [2.75, 3.05) is 5.73 Å². The molecule has 1 fully saturated rings. The zero-order valence-electron chi connectivity index (χ0n) is 10.8. The van der Waals surface area contributed by atoms with Crippen molar-refractivity contribution in [3.63, 3.8) is 0 Å². The molecule has 2 heterocycles. The summed E-state index contributed by atoms with van der Waals surface area (Å²) in [7, 11) is 0. The first kappa shape index (κ1) is 11.9. The Labute approximate surface area is 124 Å². The van der Waals surface area contributed by atoms with Gasteiger partial charge in [0.15, 0.2) is 0 Å². The fourth-order valence-electron chi connectivity index (χ4n) is 2.57. The number of benzene rings is 1. The summed E-state index contributed by atoms with van der Waals surface area (Å²) < 4.78 is 3.35. The molecule has 2 N–H and O–H groups in total. The highest BCUT2D eigenvalue weighted by atomic mass is 79.9. The largest absolute Gasteiger partial charge is 0.397 e. The maximum absolute atomic E-state index is 6.07. The molecule has 0 unspecified atom stereocenters. The van der Waals surface area contributed by atoms with E-state index in [0.29, 0.717) is 11.7 Å². The van der Waals surface area contributed by atoms with E-state index in [-0.39, 0.29) is 0 Å². The SMILES string of the molecule is Nc1cnccc1-c1nc2cc(Br)ccc2n1C1CC1. The molecule has 4 nitrogen and oxygen atoms in total. The van der Waals surface area contributed by atoms with Crippen LogP contribution in [-0.4, -0.2) is 14.5 Å². The number of imidazole rings is 1. The smallest absolute Gasteiger partial charge is 0.143 e. The molecule has 0 radical (unpaired) electrons. The summed E-state index contributed by atoms with van der Waals surface area (Å²) in [6.07, 6.45) is 5.86. The first-order chi connectivity index (χ1) is 9.74. The molecule has 2 aromatic heterocycles. The predicted octanol–water partition coefficient (Wildman–Crippen LogP) is 3.78. The van der Waals surface area contributed by atoms with E-state index >= 15 is 0 Å². The Balaban J connectivity index is 2.03. The van der Waals surface area contributed by atoms with Gasteiger partial charge in [0.2, 0.25) is 0 Å². The maximum atomic E-state index is 6.07. The third-order valence-electron chi connectivity index (χ3n) is 3.66. The number of halogens is 1. The van der Waals surface area contributed by atoms with Gasteiger partial charge in [-0.2, -0.15) is 0 Å². The number of rotatable bonds is 2. The van der Waals surface area contributed by atoms with E-state index in [1.54, 1.807) is 12.4 Å². The van der Waals surface area contributed by atoms with Crippen LogP contribution in [0.25, 0.3) is 22.4 Å². The van der Waals surface area contributed by atoms with E-state index in [2.05, 4.69) is 43.7 Å². The fraction of sp³-hybridized carbons (Fsp3) is 0.200. The highest BCUT2D eigenvalue weighted by molar-refractivity contribution is 9.10. The summed E-state index contributed by atoms with van der Waals surface area (Å²) in [5.74, 6) is 0.945. The highest BCUT2D eigenvalue weighted by Gasteiger charge is 2.29. The van der Waals surface area contributed by atoms with Crippen LogP contribution in [0.5, 0.6) is 0 Å². The van der Waals surface area contributed by atoms with Crippen molar-refractivity contribution in [1.29, 1.82) is 0 Å². The molecular formula is C15H13BrN4. The first-order valence-electron chi connectivity index (χ1n) is 6.61. The van der Waals surface area contributed by atoms with Crippen LogP contribution in [0.2, 0.25) is 0 Å². The Morgan fingerprint density at radius 2 is 2.10 bits per heavy atom. The number of anilines is 1. The Hall–Kier alpha value is -1.88. The van der Waals surface area contributed by atoms with Gasteiger partial charge in [0.25, 0.3) is 0 Å². The van der Waals surface area contributed by atoms with Gasteiger partial charge in [0.1, 0.15) is 5.82 Å². The minimum Gasteiger partial charge on any atom is -0.397 e. The second kappa shape index (κ2) is 4.31. The second-order valence-corrected chi connectivity index (χ2v) is 6.05. The van der Waals surface area contributed by atoms with Crippen LogP contribution in [0.3, 0.4) is 0 Å². The summed E-state index contributed by atoms with van der Waals surface area (Å²) in [5.41, 5.74) is 9.86. The average molecular weight is 329 g/mol. The molecule has 1 aromatic carbocycles. The van der Waals surface area contributed by atoms with Crippen LogP contribution < -0.4 is 5.73 Å². The number of hydrogen-bond donors (Lipinski definition) is 1. The summed E-state index contributed by atoms with van der Waals surface area (Å²) >= 11 is 3.51. The number of nitrogens with zero attached hydrogens (tertiary/aromatic N) is 3. The van der Waals surface area contributed by atoms with Crippen molar-refractivity contribution in [1.82, 2.24) is 14.5 Å². The van der Waals surface area contributed by atoms with E-state index in [4.69, 9.17) is 10.7 Å². The van der Waals surface area contributed by atoms with Gasteiger partial charge in [-0.1, -0.05) is 15.9 Å². The van der Waals surface area contributed by atoms with Crippen molar-refractivity contribution in [3.8, 4) is 11.4 Å². The molecular weight excluding hydrogens is 316 g/mol. The number of fused-ring (bicyclic) bond motifs is 1. The molecule has 20 heavy (non-hydrogen) atoms. The molecule has 1 aliphatic rings. The number of nitrogen functional groups attached to an aromatic ring is 1. The maximum Gasteiger partial charge on any atom is 0.143 e. The lowest BCUT2D eigenvalue weighted by molar-refractivity contribution is 0.775. The van der Waals surface area contributed by atoms with Crippen molar-refractivity contribution in [3.05, 3.63) is 41.1 Å². The number of pyridine rings is 1. The lowest BCUT2D eigenvalue weighted by atomic mass is 10.2. The zero-order valence-corrected chi connectivity index (χ0v) is 12.3. The van der Waals surface area contributed by atoms with Gasteiger partial charge in [-0.15, -0.1) is 0 Å². The van der Waals surface area contributed by atoms with Gasteiger partial charge in [-0.05, 0) is 37.1 Å². The van der Waals surface area contributed by atoms with E-state index < -0.39 is 0 Å². The summed E-state index contributed by atoms with van der Waals surface area (Å²) in [6.45, 7) is 0.